The van der Waals surface area contributed by atoms with Crippen LogP contribution in [0.3, 0.4) is 0 Å². The van der Waals surface area contributed by atoms with Gasteiger partial charge < -0.3 is 14.3 Å². The third-order valence-electron chi connectivity index (χ3n) is 14.9. The monoisotopic (exact) mass is 1010 g/mol. The second-order valence-corrected chi connectivity index (χ2v) is 23.4. The maximum absolute atomic E-state index is 6.66. The van der Waals surface area contributed by atoms with E-state index in [-0.39, 0.29) is 37.3 Å². The maximum atomic E-state index is 6.66. The second kappa shape index (κ2) is 16.7. The van der Waals surface area contributed by atoms with Gasteiger partial charge >= 0.3 is 21.1 Å². The SMILES string of the molecule is Cc1cnc(-c2[c-]c(Oc3[c-]c4c(cc3)c3cc(C(C)(C)C)ccc3n4-c3cc(C(C)(C)C)c(C(C)(C)C)cn3)ccc2)cc1C1CCC(C)(C2CCC(C)(C)CC2)CC1C.[Pt+2]. The van der Waals surface area contributed by atoms with Crippen LogP contribution in [-0.2, 0) is 37.3 Å². The zero-order chi connectivity index (χ0) is 43.9. The van der Waals surface area contributed by atoms with Gasteiger partial charge in [-0.15, -0.1) is 41.3 Å². The van der Waals surface area contributed by atoms with Gasteiger partial charge in [0.1, 0.15) is 5.82 Å². The van der Waals surface area contributed by atoms with Crippen LogP contribution in [0.5, 0.6) is 11.5 Å². The fraction of sp³-hybridized carbons (Fsp3) is 0.509. The molecule has 3 aromatic carbocycles. The Bertz CT molecular complexity index is 2580. The fourth-order valence-electron chi connectivity index (χ4n) is 11.0. The molecule has 0 N–H and O–H groups in total. The van der Waals surface area contributed by atoms with Gasteiger partial charge in [-0.25, -0.2) is 4.98 Å². The number of ether oxygens (including phenoxy) is 1. The van der Waals surface area contributed by atoms with Crippen LogP contribution >= 0.6 is 0 Å². The van der Waals surface area contributed by atoms with Gasteiger partial charge in [0.25, 0.3) is 0 Å². The van der Waals surface area contributed by atoms with Gasteiger partial charge in [0.15, 0.2) is 0 Å². The number of benzene rings is 3. The standard InChI is InChI=1S/C57H71N3O.Pt/c1-36-33-57(14,39-22-25-56(12,13)26-23-39)27-24-43(36)45-31-49(58-34-37(45)2)38-16-15-17-41(28-38)61-42-19-20-44-46-29-40(53(3,4)5)18-21-50(46)60(51(44)30-42)52-32-47(54(6,7)8)48(35-59-52)55(9,10)11;/h15-21,29,31-32,34-36,39,43H,22-27,33H2,1-14H3;/q-2;+2. The molecular weight excluding hydrogens is 938 g/mol. The quantitative estimate of drug-likeness (QED) is 0.156. The van der Waals surface area contributed by atoms with Gasteiger partial charge in [-0.2, -0.15) is 6.07 Å². The Hall–Kier alpha value is -3.75. The number of aryl methyl sites for hydroxylation is 1. The zero-order valence-electron chi connectivity index (χ0n) is 40.2. The van der Waals surface area contributed by atoms with Crippen LogP contribution in [-0.4, -0.2) is 14.5 Å². The minimum atomic E-state index is -0.0627. The molecule has 0 amide bonds. The summed E-state index contributed by atoms with van der Waals surface area (Å²) >= 11 is 0. The molecule has 3 heterocycles. The molecule has 0 bridgehead atoms. The van der Waals surface area contributed by atoms with Gasteiger partial charge in [-0.3, -0.25) is 0 Å². The number of hydrogen-bond acceptors (Lipinski definition) is 3. The molecule has 3 unspecified atom stereocenters. The molecule has 8 rings (SSSR count). The summed E-state index contributed by atoms with van der Waals surface area (Å²) in [5, 5.41) is 2.32. The van der Waals surface area contributed by atoms with E-state index in [0.29, 0.717) is 34.2 Å². The number of aromatic nitrogens is 3. The summed E-state index contributed by atoms with van der Waals surface area (Å²) < 4.78 is 8.94. The van der Waals surface area contributed by atoms with Crippen LogP contribution in [0.2, 0.25) is 0 Å². The summed E-state index contributed by atoms with van der Waals surface area (Å²) in [6.07, 6.45) is 13.6. The molecule has 2 aliphatic carbocycles. The molecule has 3 aromatic heterocycles. The molecule has 62 heavy (non-hydrogen) atoms. The van der Waals surface area contributed by atoms with Crippen molar-refractivity contribution in [1.29, 1.82) is 0 Å². The van der Waals surface area contributed by atoms with Crippen molar-refractivity contribution in [3.63, 3.8) is 0 Å². The first-order valence-corrected chi connectivity index (χ1v) is 23.2. The molecule has 5 heteroatoms. The summed E-state index contributed by atoms with van der Waals surface area (Å²) in [4.78, 5) is 10.1. The van der Waals surface area contributed by atoms with E-state index in [1.807, 2.05) is 12.1 Å². The van der Waals surface area contributed by atoms with E-state index < -0.39 is 0 Å². The van der Waals surface area contributed by atoms with Crippen LogP contribution in [0.1, 0.15) is 169 Å². The minimum absolute atomic E-state index is 0. The number of fused-ring (bicyclic) bond motifs is 3. The van der Waals surface area contributed by atoms with Gasteiger partial charge in [0.2, 0.25) is 0 Å². The summed E-state index contributed by atoms with van der Waals surface area (Å²) in [6.45, 7) is 32.8. The molecule has 0 radical (unpaired) electrons. The Labute approximate surface area is 388 Å². The molecule has 0 aliphatic heterocycles. The minimum Gasteiger partial charge on any atom is -0.503 e. The molecule has 6 aromatic rings. The van der Waals surface area contributed by atoms with Gasteiger partial charge in [0, 0.05) is 29.4 Å². The van der Waals surface area contributed by atoms with Crippen molar-refractivity contribution in [2.45, 2.75) is 164 Å². The summed E-state index contributed by atoms with van der Waals surface area (Å²) in [5.41, 5.74) is 11.4. The first-order valence-electron chi connectivity index (χ1n) is 23.2. The molecule has 2 fully saturated rings. The number of rotatable bonds is 6. The Morgan fingerprint density at radius 1 is 0.710 bits per heavy atom. The fourth-order valence-corrected chi connectivity index (χ4v) is 11.0. The van der Waals surface area contributed by atoms with Crippen molar-refractivity contribution >= 4 is 21.8 Å². The van der Waals surface area contributed by atoms with E-state index in [2.05, 4.69) is 175 Å². The second-order valence-electron chi connectivity index (χ2n) is 23.4. The van der Waals surface area contributed by atoms with E-state index in [1.165, 1.54) is 78.1 Å². The summed E-state index contributed by atoms with van der Waals surface area (Å²) in [5.74, 6) is 4.21. The Balaban J connectivity index is 0.00000578. The average Bonchev–Trinajstić information content (AvgIpc) is 3.50. The zero-order valence-corrected chi connectivity index (χ0v) is 42.4. The van der Waals surface area contributed by atoms with Gasteiger partial charge in [-0.05, 0) is 148 Å². The summed E-state index contributed by atoms with van der Waals surface area (Å²) in [6, 6.07) is 29.2. The molecule has 2 aliphatic rings. The molecule has 0 saturated heterocycles. The van der Waals surface area contributed by atoms with E-state index in [0.717, 1.165) is 39.4 Å². The number of hydrogen-bond donors (Lipinski definition) is 0. The molecule has 4 nitrogen and oxygen atoms in total. The van der Waals surface area contributed by atoms with E-state index in [9.17, 15) is 0 Å². The molecule has 3 atom stereocenters. The Morgan fingerprint density at radius 2 is 1.40 bits per heavy atom. The van der Waals surface area contributed by atoms with E-state index in [4.69, 9.17) is 14.7 Å². The summed E-state index contributed by atoms with van der Waals surface area (Å²) in [7, 11) is 0. The van der Waals surface area contributed by atoms with Crippen LogP contribution in [0.15, 0.2) is 73.1 Å². The topological polar surface area (TPSA) is 39.9 Å². The molecule has 0 spiro atoms. The smallest absolute Gasteiger partial charge is 0.503 e. The molecule has 2 saturated carbocycles. The Morgan fingerprint density at radius 3 is 2.06 bits per heavy atom. The van der Waals surface area contributed by atoms with Crippen molar-refractivity contribution in [1.82, 2.24) is 14.5 Å². The van der Waals surface area contributed by atoms with E-state index in [1.54, 1.807) is 0 Å². The normalized spacial score (nSPS) is 21.3. The van der Waals surface area contributed by atoms with Crippen LogP contribution in [0.4, 0.5) is 0 Å². The Kier molecular flexibility index (Phi) is 12.4. The third kappa shape index (κ3) is 9.11. The van der Waals surface area contributed by atoms with Crippen LogP contribution < -0.4 is 4.74 Å². The van der Waals surface area contributed by atoms with Crippen LogP contribution in [0.25, 0.3) is 38.9 Å². The van der Waals surface area contributed by atoms with Gasteiger partial charge in [0.05, 0.1) is 0 Å². The predicted molar refractivity (Wildman–Crippen MR) is 256 cm³/mol. The average molecular weight is 1010 g/mol. The van der Waals surface area contributed by atoms with Crippen molar-refractivity contribution < 1.29 is 25.8 Å². The van der Waals surface area contributed by atoms with E-state index >= 15 is 0 Å². The van der Waals surface area contributed by atoms with Gasteiger partial charge in [-0.1, -0.05) is 120 Å². The number of nitrogens with zero attached hydrogens (tertiary/aromatic N) is 3. The van der Waals surface area contributed by atoms with Crippen molar-refractivity contribution in [2.24, 2.45) is 22.7 Å². The maximum Gasteiger partial charge on any atom is 2.00 e. The first kappa shape index (κ1) is 46.2. The molecular formula is C57H71N3OPt. The van der Waals surface area contributed by atoms with Crippen molar-refractivity contribution in [3.05, 3.63) is 113 Å². The molecule has 330 valence electrons. The largest absolute Gasteiger partial charge is 2.00 e. The van der Waals surface area contributed by atoms with Crippen LogP contribution in [0, 0.1) is 41.7 Å². The van der Waals surface area contributed by atoms with Crippen molar-refractivity contribution in [3.8, 4) is 28.6 Å². The predicted octanol–water partition coefficient (Wildman–Crippen LogP) is 16.0. The first-order chi connectivity index (χ1) is 28.5. The van der Waals surface area contributed by atoms with Crippen molar-refractivity contribution in [2.75, 3.05) is 0 Å². The number of pyridine rings is 2. The third-order valence-corrected chi connectivity index (χ3v) is 14.9.